The molecule has 156 valence electrons. The highest BCUT2D eigenvalue weighted by Crippen LogP contribution is 2.24. The van der Waals surface area contributed by atoms with E-state index in [9.17, 15) is 17.6 Å². The number of halogens is 1. The molecule has 1 aliphatic heterocycles. The standard InChI is InChI=1S/C21H24FNO5S/c1-16-9-10-17(15-20(16)29(25,26)23-11-5-2-6-12-23)21(24)28-14-13-27-19-8-4-3-7-18(19)22/h3-4,7-10,15H,2,5-6,11-14H2,1H3. The van der Waals surface area contributed by atoms with Gasteiger partial charge in [-0.25, -0.2) is 17.6 Å². The number of sulfonamides is 1. The first-order chi connectivity index (χ1) is 13.9. The lowest BCUT2D eigenvalue weighted by Gasteiger charge is -2.26. The molecule has 0 amide bonds. The summed E-state index contributed by atoms with van der Waals surface area (Å²) < 4.78 is 51.3. The number of rotatable bonds is 7. The van der Waals surface area contributed by atoms with Crippen molar-refractivity contribution in [3.8, 4) is 5.75 Å². The zero-order chi connectivity index (χ0) is 20.9. The van der Waals surface area contributed by atoms with E-state index in [1.165, 1.54) is 28.6 Å². The summed E-state index contributed by atoms with van der Waals surface area (Å²) in [6, 6.07) is 10.4. The SMILES string of the molecule is Cc1ccc(C(=O)OCCOc2ccccc2F)cc1S(=O)(=O)N1CCCCC1. The Kier molecular flexibility index (Phi) is 6.87. The highest BCUT2D eigenvalue weighted by atomic mass is 32.2. The zero-order valence-corrected chi connectivity index (χ0v) is 17.1. The molecule has 1 heterocycles. The van der Waals surface area contributed by atoms with Crippen molar-refractivity contribution in [3.63, 3.8) is 0 Å². The van der Waals surface area contributed by atoms with Crippen molar-refractivity contribution in [2.45, 2.75) is 31.1 Å². The number of nitrogens with zero attached hydrogens (tertiary/aromatic N) is 1. The van der Waals surface area contributed by atoms with Crippen LogP contribution in [0, 0.1) is 12.7 Å². The van der Waals surface area contributed by atoms with Crippen molar-refractivity contribution in [2.75, 3.05) is 26.3 Å². The minimum Gasteiger partial charge on any atom is -0.487 e. The molecule has 29 heavy (non-hydrogen) atoms. The maximum atomic E-state index is 13.5. The lowest BCUT2D eigenvalue weighted by molar-refractivity contribution is 0.0448. The molecular formula is C21H24FNO5S. The molecule has 1 saturated heterocycles. The molecule has 0 N–H and O–H groups in total. The van der Waals surface area contributed by atoms with E-state index in [0.717, 1.165) is 19.3 Å². The van der Waals surface area contributed by atoms with Gasteiger partial charge in [0.2, 0.25) is 10.0 Å². The van der Waals surface area contributed by atoms with Gasteiger partial charge < -0.3 is 9.47 Å². The van der Waals surface area contributed by atoms with Crippen LogP contribution >= 0.6 is 0 Å². The summed E-state index contributed by atoms with van der Waals surface area (Å²) in [7, 11) is -3.66. The smallest absolute Gasteiger partial charge is 0.338 e. The van der Waals surface area contributed by atoms with Gasteiger partial charge in [-0.05, 0) is 49.6 Å². The molecule has 0 radical (unpaired) electrons. The molecule has 1 aliphatic rings. The third kappa shape index (κ3) is 5.13. The van der Waals surface area contributed by atoms with E-state index in [2.05, 4.69) is 0 Å². The van der Waals surface area contributed by atoms with Crippen LogP contribution in [0.5, 0.6) is 5.75 Å². The Morgan fingerprint density at radius 1 is 1.07 bits per heavy atom. The number of carbonyl (C=O) groups excluding carboxylic acids is 1. The number of benzene rings is 2. The van der Waals surface area contributed by atoms with E-state index in [4.69, 9.17) is 9.47 Å². The first-order valence-corrected chi connectivity index (χ1v) is 11.0. The fourth-order valence-electron chi connectivity index (χ4n) is 3.18. The van der Waals surface area contributed by atoms with Crippen molar-refractivity contribution >= 4 is 16.0 Å². The maximum absolute atomic E-state index is 13.5. The minimum atomic E-state index is -3.66. The van der Waals surface area contributed by atoms with Crippen LogP contribution in [-0.2, 0) is 14.8 Å². The molecule has 0 aromatic heterocycles. The molecular weight excluding hydrogens is 397 g/mol. The number of para-hydroxylation sites is 1. The summed E-state index contributed by atoms with van der Waals surface area (Å²) in [6.45, 7) is 2.58. The van der Waals surface area contributed by atoms with E-state index in [1.54, 1.807) is 25.1 Å². The fraction of sp³-hybridized carbons (Fsp3) is 0.381. The second-order valence-corrected chi connectivity index (χ2v) is 8.77. The Hall–Kier alpha value is -2.45. The number of hydrogen-bond donors (Lipinski definition) is 0. The first-order valence-electron chi connectivity index (χ1n) is 9.55. The lowest BCUT2D eigenvalue weighted by atomic mass is 10.1. The van der Waals surface area contributed by atoms with E-state index in [0.29, 0.717) is 18.7 Å². The van der Waals surface area contributed by atoms with E-state index in [-0.39, 0.29) is 29.4 Å². The molecule has 3 rings (SSSR count). The highest BCUT2D eigenvalue weighted by molar-refractivity contribution is 7.89. The molecule has 6 nitrogen and oxygen atoms in total. The summed E-state index contributed by atoms with van der Waals surface area (Å²) in [6.07, 6.45) is 2.69. The number of aryl methyl sites for hydroxylation is 1. The number of ether oxygens (including phenoxy) is 2. The third-order valence-electron chi connectivity index (χ3n) is 4.77. The average Bonchev–Trinajstić information content (AvgIpc) is 2.73. The summed E-state index contributed by atoms with van der Waals surface area (Å²) in [5, 5.41) is 0. The fourth-order valence-corrected chi connectivity index (χ4v) is 4.95. The van der Waals surface area contributed by atoms with Gasteiger partial charge in [-0.1, -0.05) is 24.6 Å². The Morgan fingerprint density at radius 3 is 2.52 bits per heavy atom. The van der Waals surface area contributed by atoms with Gasteiger partial charge in [0.25, 0.3) is 0 Å². The maximum Gasteiger partial charge on any atom is 0.338 e. The Labute approximate surface area is 170 Å². The second kappa shape index (κ2) is 9.37. The molecule has 0 bridgehead atoms. The quantitative estimate of drug-likeness (QED) is 0.505. The van der Waals surface area contributed by atoms with Crippen molar-refractivity contribution in [2.24, 2.45) is 0 Å². The van der Waals surface area contributed by atoms with E-state index >= 15 is 0 Å². The predicted molar refractivity (Wildman–Crippen MR) is 106 cm³/mol. The van der Waals surface area contributed by atoms with E-state index in [1.807, 2.05) is 0 Å². The van der Waals surface area contributed by atoms with Gasteiger partial charge >= 0.3 is 5.97 Å². The molecule has 0 spiro atoms. The number of carbonyl (C=O) groups is 1. The van der Waals surface area contributed by atoms with Gasteiger partial charge in [0, 0.05) is 13.1 Å². The highest BCUT2D eigenvalue weighted by Gasteiger charge is 2.28. The normalized spacial score (nSPS) is 15.1. The Bertz CT molecular complexity index is 971. The third-order valence-corrected chi connectivity index (χ3v) is 6.81. The molecule has 0 saturated carbocycles. The van der Waals surface area contributed by atoms with Gasteiger partial charge in [-0.15, -0.1) is 0 Å². The van der Waals surface area contributed by atoms with Crippen LogP contribution < -0.4 is 4.74 Å². The summed E-state index contributed by atoms with van der Waals surface area (Å²) in [5.74, 6) is -1.07. The van der Waals surface area contributed by atoms with Crippen molar-refractivity contribution in [1.29, 1.82) is 0 Å². The molecule has 2 aromatic carbocycles. The van der Waals surface area contributed by atoms with Gasteiger partial charge in [0.05, 0.1) is 10.5 Å². The topological polar surface area (TPSA) is 72.9 Å². The minimum absolute atomic E-state index is 0.0164. The van der Waals surface area contributed by atoms with Crippen LogP contribution in [0.25, 0.3) is 0 Å². The molecule has 2 aromatic rings. The number of hydrogen-bond acceptors (Lipinski definition) is 5. The summed E-state index contributed by atoms with van der Waals surface area (Å²) >= 11 is 0. The molecule has 0 atom stereocenters. The second-order valence-electron chi connectivity index (χ2n) is 6.86. The van der Waals surface area contributed by atoms with Crippen LogP contribution in [-0.4, -0.2) is 45.0 Å². The average molecular weight is 421 g/mol. The predicted octanol–water partition coefficient (Wildman–Crippen LogP) is 3.54. The number of piperidine rings is 1. The summed E-state index contributed by atoms with van der Waals surface area (Å²) in [4.78, 5) is 12.5. The van der Waals surface area contributed by atoms with Crippen molar-refractivity contribution < 1.29 is 27.1 Å². The number of esters is 1. The van der Waals surface area contributed by atoms with Crippen LogP contribution in [0.4, 0.5) is 4.39 Å². The zero-order valence-electron chi connectivity index (χ0n) is 16.3. The molecule has 8 heteroatoms. The summed E-state index contributed by atoms with van der Waals surface area (Å²) in [5.41, 5.74) is 0.729. The molecule has 0 unspecified atom stereocenters. The largest absolute Gasteiger partial charge is 0.487 e. The molecule has 0 aliphatic carbocycles. The van der Waals surface area contributed by atoms with Gasteiger partial charge in [-0.3, -0.25) is 0 Å². The first kappa shape index (κ1) is 21.3. The van der Waals surface area contributed by atoms with Crippen molar-refractivity contribution in [1.82, 2.24) is 4.31 Å². The Balaban J connectivity index is 1.64. The van der Waals surface area contributed by atoms with Gasteiger partial charge in [0.15, 0.2) is 11.6 Å². The lowest BCUT2D eigenvalue weighted by Crippen LogP contribution is -2.36. The van der Waals surface area contributed by atoms with Crippen LogP contribution in [0.15, 0.2) is 47.4 Å². The van der Waals surface area contributed by atoms with E-state index < -0.39 is 21.8 Å². The molecule has 1 fully saturated rings. The monoisotopic (exact) mass is 421 g/mol. The van der Waals surface area contributed by atoms with Crippen LogP contribution in [0.2, 0.25) is 0 Å². The van der Waals surface area contributed by atoms with Crippen LogP contribution in [0.1, 0.15) is 35.2 Å². The van der Waals surface area contributed by atoms with Gasteiger partial charge in [0.1, 0.15) is 13.2 Å². The van der Waals surface area contributed by atoms with Crippen molar-refractivity contribution in [3.05, 3.63) is 59.4 Å². The Morgan fingerprint density at radius 2 is 1.79 bits per heavy atom. The van der Waals surface area contributed by atoms with Crippen LogP contribution in [0.3, 0.4) is 0 Å². The van der Waals surface area contributed by atoms with Gasteiger partial charge in [-0.2, -0.15) is 4.31 Å².